The molecule has 0 amide bonds. The van der Waals surface area contributed by atoms with Gasteiger partial charge in [-0.25, -0.2) is 0 Å². The molecule has 0 saturated heterocycles. The molecule has 0 aliphatic carbocycles. The normalized spacial score (nSPS) is 9.71. The average Bonchev–Trinajstić information content (AvgIpc) is 2.25. The lowest BCUT2D eigenvalue weighted by molar-refractivity contribution is -0.118. The summed E-state index contributed by atoms with van der Waals surface area (Å²) in [5, 5.41) is 0. The van der Waals surface area contributed by atoms with E-state index in [1.54, 1.807) is 12.3 Å². The molecule has 0 spiro atoms. The minimum atomic E-state index is 0.288. The number of aromatic nitrogens is 1. The molecule has 1 heterocycles. The Morgan fingerprint density at radius 3 is 2.93 bits per heavy atom. The molecule has 1 aromatic heterocycles. The van der Waals surface area contributed by atoms with Gasteiger partial charge in [0.25, 0.3) is 0 Å². The van der Waals surface area contributed by atoms with Crippen LogP contribution in [0.3, 0.4) is 0 Å². The van der Waals surface area contributed by atoms with E-state index in [0.717, 1.165) is 18.5 Å². The maximum Gasteiger partial charge on any atom is 0.133 e. The van der Waals surface area contributed by atoms with Crippen molar-refractivity contribution >= 4 is 5.78 Å². The zero-order chi connectivity index (χ0) is 10.2. The van der Waals surface area contributed by atoms with Crippen LogP contribution in [-0.2, 0) is 11.2 Å². The number of rotatable bonds is 6. The molecule has 0 unspecified atom stereocenters. The van der Waals surface area contributed by atoms with Gasteiger partial charge >= 0.3 is 0 Å². The Morgan fingerprint density at radius 1 is 1.43 bits per heavy atom. The summed E-state index contributed by atoms with van der Waals surface area (Å²) in [6.45, 7) is 3.59. The van der Waals surface area contributed by atoms with E-state index >= 15 is 0 Å². The molecule has 0 atom stereocenters. The fraction of sp³-hybridized carbons (Fsp3) is 0.333. The largest absolute Gasteiger partial charge is 0.300 e. The zero-order valence-corrected chi connectivity index (χ0v) is 8.28. The molecule has 0 saturated carbocycles. The van der Waals surface area contributed by atoms with Gasteiger partial charge < -0.3 is 0 Å². The molecule has 0 radical (unpaired) electrons. The van der Waals surface area contributed by atoms with Crippen molar-refractivity contribution in [3.8, 4) is 0 Å². The van der Waals surface area contributed by atoms with Gasteiger partial charge in [-0.1, -0.05) is 12.1 Å². The van der Waals surface area contributed by atoms with Crippen molar-refractivity contribution in [2.24, 2.45) is 0 Å². The van der Waals surface area contributed by atoms with Crippen LogP contribution in [-0.4, -0.2) is 10.8 Å². The van der Waals surface area contributed by atoms with Crippen LogP contribution in [0, 0.1) is 0 Å². The van der Waals surface area contributed by atoms with Gasteiger partial charge in [0.05, 0.1) is 0 Å². The summed E-state index contributed by atoms with van der Waals surface area (Å²) in [4.78, 5) is 15.5. The highest BCUT2D eigenvalue weighted by Gasteiger charge is 2.01. The lowest BCUT2D eigenvalue weighted by atomic mass is 10.1. The molecule has 74 valence electrons. The van der Waals surface area contributed by atoms with Crippen molar-refractivity contribution in [3.05, 3.63) is 42.7 Å². The molecule has 0 aromatic carbocycles. The van der Waals surface area contributed by atoms with Crippen LogP contribution in [0.1, 0.15) is 25.0 Å². The second kappa shape index (κ2) is 6.08. The van der Waals surface area contributed by atoms with Gasteiger partial charge in [0.15, 0.2) is 0 Å². The van der Waals surface area contributed by atoms with E-state index in [9.17, 15) is 4.79 Å². The summed E-state index contributed by atoms with van der Waals surface area (Å²) >= 11 is 0. The zero-order valence-electron chi connectivity index (χ0n) is 8.28. The summed E-state index contributed by atoms with van der Waals surface area (Å²) in [6, 6.07) is 5.76. The van der Waals surface area contributed by atoms with E-state index in [2.05, 4.69) is 11.6 Å². The molecule has 0 fully saturated rings. The lowest BCUT2D eigenvalue weighted by Crippen LogP contribution is -2.00. The SMILES string of the molecule is C=CCCC(=O)CCc1ccccn1. The summed E-state index contributed by atoms with van der Waals surface area (Å²) in [5.41, 5.74) is 0.986. The Hall–Kier alpha value is -1.44. The van der Waals surface area contributed by atoms with Crippen LogP contribution >= 0.6 is 0 Å². The number of aryl methyl sites for hydroxylation is 1. The number of ketones is 1. The van der Waals surface area contributed by atoms with E-state index in [1.165, 1.54) is 0 Å². The monoisotopic (exact) mass is 189 g/mol. The van der Waals surface area contributed by atoms with Gasteiger partial charge in [-0.15, -0.1) is 6.58 Å². The van der Waals surface area contributed by atoms with Gasteiger partial charge in [0, 0.05) is 24.7 Å². The van der Waals surface area contributed by atoms with Crippen molar-refractivity contribution in [2.75, 3.05) is 0 Å². The molecule has 0 N–H and O–H groups in total. The maximum absolute atomic E-state index is 11.3. The minimum absolute atomic E-state index is 0.288. The van der Waals surface area contributed by atoms with Gasteiger partial charge in [0.1, 0.15) is 5.78 Å². The van der Waals surface area contributed by atoms with Gasteiger partial charge in [-0.3, -0.25) is 9.78 Å². The quantitative estimate of drug-likeness (QED) is 0.644. The second-order valence-corrected chi connectivity index (χ2v) is 3.19. The maximum atomic E-state index is 11.3. The predicted octanol–water partition coefficient (Wildman–Crippen LogP) is 2.55. The number of allylic oxidation sites excluding steroid dienone is 1. The summed E-state index contributed by atoms with van der Waals surface area (Å²) in [5.74, 6) is 0.288. The Balaban J connectivity index is 2.27. The molecular formula is C12H15NO. The first kappa shape index (κ1) is 10.6. The highest BCUT2D eigenvalue weighted by Crippen LogP contribution is 2.02. The number of Topliss-reactive ketones (excluding diaryl/α,β-unsaturated/α-hetero) is 1. The fourth-order valence-corrected chi connectivity index (χ4v) is 1.20. The van der Waals surface area contributed by atoms with Crippen LogP contribution in [0.2, 0.25) is 0 Å². The van der Waals surface area contributed by atoms with Crippen LogP contribution < -0.4 is 0 Å². The van der Waals surface area contributed by atoms with Crippen LogP contribution in [0.4, 0.5) is 0 Å². The Bertz CT molecular complexity index is 292. The molecule has 2 heteroatoms. The van der Waals surface area contributed by atoms with Gasteiger partial charge in [-0.05, 0) is 25.0 Å². The van der Waals surface area contributed by atoms with E-state index in [-0.39, 0.29) is 5.78 Å². The van der Waals surface area contributed by atoms with Gasteiger partial charge in [-0.2, -0.15) is 0 Å². The summed E-state index contributed by atoms with van der Waals surface area (Å²) in [6.07, 6.45) is 6.25. The highest BCUT2D eigenvalue weighted by atomic mass is 16.1. The number of hydrogen-bond acceptors (Lipinski definition) is 2. The van der Waals surface area contributed by atoms with Crippen molar-refractivity contribution in [2.45, 2.75) is 25.7 Å². The summed E-state index contributed by atoms with van der Waals surface area (Å²) < 4.78 is 0. The standard InChI is InChI=1S/C12H15NO/c1-2-3-7-12(14)9-8-11-6-4-5-10-13-11/h2,4-6,10H,1,3,7-9H2. The first-order valence-electron chi connectivity index (χ1n) is 4.85. The van der Waals surface area contributed by atoms with Crippen molar-refractivity contribution in [1.29, 1.82) is 0 Å². The predicted molar refractivity (Wildman–Crippen MR) is 57.0 cm³/mol. The Morgan fingerprint density at radius 2 is 2.29 bits per heavy atom. The molecule has 14 heavy (non-hydrogen) atoms. The number of pyridine rings is 1. The average molecular weight is 189 g/mol. The van der Waals surface area contributed by atoms with E-state index in [0.29, 0.717) is 12.8 Å². The second-order valence-electron chi connectivity index (χ2n) is 3.19. The first-order chi connectivity index (χ1) is 6.83. The number of carbonyl (C=O) groups is 1. The molecular weight excluding hydrogens is 174 g/mol. The molecule has 0 aliphatic rings. The van der Waals surface area contributed by atoms with Crippen LogP contribution in [0.5, 0.6) is 0 Å². The Labute approximate surface area is 84.7 Å². The smallest absolute Gasteiger partial charge is 0.133 e. The molecule has 0 bridgehead atoms. The number of nitrogens with zero attached hydrogens (tertiary/aromatic N) is 1. The van der Waals surface area contributed by atoms with Crippen LogP contribution in [0.15, 0.2) is 37.1 Å². The Kier molecular flexibility index (Phi) is 4.62. The topological polar surface area (TPSA) is 30.0 Å². The first-order valence-corrected chi connectivity index (χ1v) is 4.85. The molecule has 0 aliphatic heterocycles. The third kappa shape index (κ3) is 3.99. The number of hydrogen-bond donors (Lipinski definition) is 0. The molecule has 1 rings (SSSR count). The molecule has 2 nitrogen and oxygen atoms in total. The third-order valence-electron chi connectivity index (χ3n) is 2.01. The lowest BCUT2D eigenvalue weighted by Gasteiger charge is -1.98. The minimum Gasteiger partial charge on any atom is -0.300 e. The fourth-order valence-electron chi connectivity index (χ4n) is 1.20. The van der Waals surface area contributed by atoms with Crippen molar-refractivity contribution in [1.82, 2.24) is 4.98 Å². The van der Waals surface area contributed by atoms with Crippen molar-refractivity contribution < 1.29 is 4.79 Å². The van der Waals surface area contributed by atoms with E-state index < -0.39 is 0 Å². The van der Waals surface area contributed by atoms with E-state index in [1.807, 2.05) is 18.2 Å². The summed E-state index contributed by atoms with van der Waals surface area (Å²) in [7, 11) is 0. The number of carbonyl (C=O) groups excluding carboxylic acids is 1. The van der Waals surface area contributed by atoms with Crippen LogP contribution in [0.25, 0.3) is 0 Å². The molecule has 1 aromatic rings. The van der Waals surface area contributed by atoms with Crippen molar-refractivity contribution in [3.63, 3.8) is 0 Å². The van der Waals surface area contributed by atoms with E-state index in [4.69, 9.17) is 0 Å². The third-order valence-corrected chi connectivity index (χ3v) is 2.01. The highest BCUT2D eigenvalue weighted by molar-refractivity contribution is 5.78. The van der Waals surface area contributed by atoms with Gasteiger partial charge in [0.2, 0.25) is 0 Å².